The molecule has 1 aliphatic rings. The largest absolute Gasteiger partial charge is 0.480 e. The van der Waals surface area contributed by atoms with E-state index in [1.807, 2.05) is 6.07 Å². The molecule has 0 atom stereocenters. The van der Waals surface area contributed by atoms with E-state index in [9.17, 15) is 9.59 Å². The number of primary amides is 1. The number of carbonyl (C=O) groups is 2. The van der Waals surface area contributed by atoms with Crippen molar-refractivity contribution < 1.29 is 14.7 Å². The molecule has 6 nitrogen and oxygen atoms in total. The van der Waals surface area contributed by atoms with Crippen LogP contribution in [0.15, 0.2) is 30.3 Å². The first-order chi connectivity index (χ1) is 11.3. The van der Waals surface area contributed by atoms with E-state index < -0.39 is 12.0 Å². The number of carboxylic acids is 1. The van der Waals surface area contributed by atoms with E-state index in [-0.39, 0.29) is 18.0 Å². The Balaban J connectivity index is 2.05. The topological polar surface area (TPSA) is 86.9 Å². The molecule has 0 bridgehead atoms. The van der Waals surface area contributed by atoms with Gasteiger partial charge in [0.1, 0.15) is 6.54 Å². The van der Waals surface area contributed by atoms with Crippen molar-refractivity contribution in [2.75, 3.05) is 27.2 Å². The highest BCUT2D eigenvalue weighted by molar-refractivity contribution is 5.78. The van der Waals surface area contributed by atoms with Crippen molar-refractivity contribution in [3.63, 3.8) is 0 Å². The van der Waals surface area contributed by atoms with Crippen LogP contribution in [-0.2, 0) is 10.3 Å². The highest BCUT2D eigenvalue weighted by atomic mass is 16.4. The van der Waals surface area contributed by atoms with Crippen LogP contribution in [0.2, 0.25) is 0 Å². The number of carboxylic acid groups (broad SMARTS) is 1. The van der Waals surface area contributed by atoms with Crippen LogP contribution in [0, 0.1) is 5.92 Å². The predicted octanol–water partition coefficient (Wildman–Crippen LogP) is 2.10. The van der Waals surface area contributed by atoms with Gasteiger partial charge in [0, 0.05) is 12.1 Å². The summed E-state index contributed by atoms with van der Waals surface area (Å²) in [7, 11) is 4.21. The normalized spacial score (nSPS) is 23.9. The van der Waals surface area contributed by atoms with E-state index in [1.165, 1.54) is 10.5 Å². The lowest BCUT2D eigenvalue weighted by Crippen LogP contribution is -2.47. The fraction of sp³-hybridized carbons (Fsp3) is 0.556. The predicted molar refractivity (Wildman–Crippen MR) is 92.6 cm³/mol. The molecule has 0 aliphatic heterocycles. The summed E-state index contributed by atoms with van der Waals surface area (Å²) in [5.74, 6) is -0.745. The maximum Gasteiger partial charge on any atom is 0.323 e. The van der Waals surface area contributed by atoms with Crippen LogP contribution in [0.3, 0.4) is 0 Å². The molecule has 0 spiro atoms. The van der Waals surface area contributed by atoms with E-state index in [0.29, 0.717) is 6.54 Å². The maximum absolute atomic E-state index is 11.4. The number of hydrogen-bond acceptors (Lipinski definition) is 3. The van der Waals surface area contributed by atoms with Crippen LogP contribution in [0.25, 0.3) is 0 Å². The summed E-state index contributed by atoms with van der Waals surface area (Å²) in [5.41, 5.74) is 6.62. The number of nitrogens with two attached hydrogens (primary N) is 1. The summed E-state index contributed by atoms with van der Waals surface area (Å²) in [6, 6.07) is 9.82. The molecule has 1 fully saturated rings. The Labute approximate surface area is 143 Å². The smallest absolute Gasteiger partial charge is 0.323 e. The number of aliphatic carboxylic acids is 1. The minimum Gasteiger partial charge on any atom is -0.480 e. The van der Waals surface area contributed by atoms with Gasteiger partial charge in [0.2, 0.25) is 0 Å². The minimum absolute atomic E-state index is 0.00209. The van der Waals surface area contributed by atoms with E-state index >= 15 is 0 Å². The number of amides is 2. The zero-order valence-electron chi connectivity index (χ0n) is 14.4. The van der Waals surface area contributed by atoms with Crippen LogP contribution in [0.1, 0.15) is 31.2 Å². The van der Waals surface area contributed by atoms with Gasteiger partial charge in [0.25, 0.3) is 0 Å². The number of urea groups is 1. The molecule has 1 aromatic carbocycles. The van der Waals surface area contributed by atoms with Crippen LogP contribution in [-0.4, -0.2) is 54.1 Å². The Hall–Kier alpha value is -2.08. The number of carbonyl (C=O) groups excluding carboxylic acids is 1. The fourth-order valence-electron chi connectivity index (χ4n) is 3.79. The van der Waals surface area contributed by atoms with Crippen molar-refractivity contribution in [1.82, 2.24) is 9.80 Å². The van der Waals surface area contributed by atoms with Crippen LogP contribution in [0.5, 0.6) is 0 Å². The third-order valence-corrected chi connectivity index (χ3v) is 5.22. The van der Waals surface area contributed by atoms with Crippen molar-refractivity contribution in [1.29, 1.82) is 0 Å². The molecule has 1 aromatic rings. The standard InChI is InChI=1S/C18H27N3O3/c1-20(2)18(15-6-4-3-5-7-15)10-8-14(9-11-18)12-21(17(19)24)13-16(22)23/h3-7,14H,8-13H2,1-2H3,(H2,19,24)(H,22,23). The fourth-order valence-corrected chi connectivity index (χ4v) is 3.79. The van der Waals surface area contributed by atoms with Gasteiger partial charge in [-0.2, -0.15) is 0 Å². The van der Waals surface area contributed by atoms with Crippen molar-refractivity contribution in [3.05, 3.63) is 35.9 Å². The zero-order valence-corrected chi connectivity index (χ0v) is 14.4. The van der Waals surface area contributed by atoms with Crippen LogP contribution < -0.4 is 5.73 Å². The number of rotatable bonds is 6. The van der Waals surface area contributed by atoms with Crippen LogP contribution in [0.4, 0.5) is 4.79 Å². The Morgan fingerprint density at radius 1 is 1.21 bits per heavy atom. The molecule has 132 valence electrons. The minimum atomic E-state index is -1.03. The van der Waals surface area contributed by atoms with Gasteiger partial charge in [-0.15, -0.1) is 0 Å². The monoisotopic (exact) mass is 333 g/mol. The lowest BCUT2D eigenvalue weighted by molar-refractivity contribution is -0.137. The SMILES string of the molecule is CN(C)C1(c2ccccc2)CCC(CN(CC(=O)O)C(N)=O)CC1. The molecule has 6 heteroatoms. The van der Waals surface area contributed by atoms with Crippen molar-refractivity contribution >= 4 is 12.0 Å². The highest BCUT2D eigenvalue weighted by Crippen LogP contribution is 2.43. The molecular formula is C18H27N3O3. The molecule has 3 N–H and O–H groups in total. The molecule has 2 rings (SSSR count). The van der Waals surface area contributed by atoms with Crippen molar-refractivity contribution in [3.8, 4) is 0 Å². The summed E-state index contributed by atoms with van der Waals surface area (Å²) in [4.78, 5) is 25.8. The summed E-state index contributed by atoms with van der Waals surface area (Å²) < 4.78 is 0. The van der Waals surface area contributed by atoms with Crippen LogP contribution >= 0.6 is 0 Å². The van der Waals surface area contributed by atoms with E-state index in [4.69, 9.17) is 10.8 Å². The molecule has 1 saturated carbocycles. The molecule has 1 aliphatic carbocycles. The second-order valence-corrected chi connectivity index (χ2v) is 6.85. The molecule has 0 heterocycles. The van der Waals surface area contributed by atoms with Gasteiger partial charge in [-0.25, -0.2) is 4.79 Å². The zero-order chi connectivity index (χ0) is 17.7. The maximum atomic E-state index is 11.4. The van der Waals surface area contributed by atoms with E-state index in [2.05, 4.69) is 43.3 Å². The highest BCUT2D eigenvalue weighted by Gasteiger charge is 2.39. The van der Waals surface area contributed by atoms with E-state index in [0.717, 1.165) is 25.7 Å². The van der Waals surface area contributed by atoms with Gasteiger partial charge in [-0.3, -0.25) is 9.69 Å². The first kappa shape index (κ1) is 18.3. The average Bonchev–Trinajstić information content (AvgIpc) is 2.55. The van der Waals surface area contributed by atoms with Crippen molar-refractivity contribution in [2.45, 2.75) is 31.2 Å². The quantitative estimate of drug-likeness (QED) is 0.834. The van der Waals surface area contributed by atoms with Gasteiger partial charge in [-0.05, 0) is 51.3 Å². The summed E-state index contributed by atoms with van der Waals surface area (Å²) in [6.07, 6.45) is 3.84. The van der Waals surface area contributed by atoms with Gasteiger partial charge in [0.15, 0.2) is 0 Å². The lowest BCUT2D eigenvalue weighted by atomic mass is 9.72. The van der Waals surface area contributed by atoms with E-state index in [1.54, 1.807) is 0 Å². The summed E-state index contributed by atoms with van der Waals surface area (Å²) in [6.45, 7) is 0.0866. The second-order valence-electron chi connectivity index (χ2n) is 6.85. The second kappa shape index (κ2) is 7.66. The molecule has 0 radical (unpaired) electrons. The molecule has 0 saturated heterocycles. The lowest BCUT2D eigenvalue weighted by Gasteiger charge is -2.46. The Morgan fingerprint density at radius 3 is 2.25 bits per heavy atom. The molecular weight excluding hydrogens is 306 g/mol. The molecule has 24 heavy (non-hydrogen) atoms. The number of nitrogens with zero attached hydrogens (tertiary/aromatic N) is 2. The first-order valence-corrected chi connectivity index (χ1v) is 8.34. The third kappa shape index (κ3) is 4.06. The van der Waals surface area contributed by atoms with Gasteiger partial charge < -0.3 is 15.7 Å². The Bertz CT molecular complexity index is 566. The summed E-state index contributed by atoms with van der Waals surface area (Å²) >= 11 is 0. The Kier molecular flexibility index (Phi) is 5.83. The Morgan fingerprint density at radius 2 is 1.79 bits per heavy atom. The molecule has 0 unspecified atom stereocenters. The number of benzene rings is 1. The van der Waals surface area contributed by atoms with Gasteiger partial charge in [0.05, 0.1) is 0 Å². The van der Waals surface area contributed by atoms with Gasteiger partial charge in [-0.1, -0.05) is 30.3 Å². The third-order valence-electron chi connectivity index (χ3n) is 5.22. The van der Waals surface area contributed by atoms with Gasteiger partial charge >= 0.3 is 12.0 Å². The summed E-state index contributed by atoms with van der Waals surface area (Å²) in [5, 5.41) is 8.91. The average molecular weight is 333 g/mol. The number of hydrogen-bond donors (Lipinski definition) is 2. The first-order valence-electron chi connectivity index (χ1n) is 8.34. The molecule has 2 amide bonds. The molecule has 0 aromatic heterocycles. The van der Waals surface area contributed by atoms with Crippen molar-refractivity contribution in [2.24, 2.45) is 11.7 Å².